The fourth-order valence-corrected chi connectivity index (χ4v) is 0.863. The molecule has 0 bridgehead atoms. The van der Waals surface area contributed by atoms with E-state index in [1.54, 1.807) is 0 Å². The van der Waals surface area contributed by atoms with Crippen molar-refractivity contribution >= 4 is 18.0 Å². The average molecular weight is 169 g/mol. The number of aliphatic imine (C=N–C) groups is 1. The Morgan fingerprint density at radius 3 is 2.92 bits per heavy atom. The van der Waals surface area contributed by atoms with Crippen LogP contribution in [0.25, 0.3) is 0 Å². The highest BCUT2D eigenvalue weighted by molar-refractivity contribution is 5.96. The molecule has 1 saturated heterocycles. The summed E-state index contributed by atoms with van der Waals surface area (Å²) in [5, 5.41) is 2.45. The number of isocyanates is 1. The molecule has 6 heteroatoms. The molecule has 3 amide bonds. The molecule has 0 aromatic rings. The molecule has 0 unspecified atom stereocenters. The van der Waals surface area contributed by atoms with Gasteiger partial charge in [0, 0.05) is 13.0 Å². The van der Waals surface area contributed by atoms with Gasteiger partial charge in [0.2, 0.25) is 12.0 Å². The number of urea groups is 1. The van der Waals surface area contributed by atoms with Crippen LogP contribution >= 0.6 is 0 Å². The van der Waals surface area contributed by atoms with Gasteiger partial charge in [0.25, 0.3) is 0 Å². The van der Waals surface area contributed by atoms with E-state index in [1.165, 1.54) is 6.08 Å². The first kappa shape index (κ1) is 8.42. The van der Waals surface area contributed by atoms with Crippen molar-refractivity contribution in [1.82, 2.24) is 10.2 Å². The lowest BCUT2D eigenvalue weighted by atomic mass is 10.3. The second-order valence-electron chi connectivity index (χ2n) is 2.19. The smallest absolute Gasteiger partial charge is 0.325 e. The fourth-order valence-electron chi connectivity index (χ4n) is 0.863. The zero-order valence-corrected chi connectivity index (χ0v) is 6.24. The van der Waals surface area contributed by atoms with Crippen molar-refractivity contribution in [3.63, 3.8) is 0 Å². The highest BCUT2D eigenvalue weighted by atomic mass is 16.2. The zero-order valence-electron chi connectivity index (χ0n) is 6.24. The molecule has 1 aliphatic rings. The van der Waals surface area contributed by atoms with E-state index in [0.29, 0.717) is 6.54 Å². The molecule has 0 aromatic carbocycles. The molecule has 12 heavy (non-hydrogen) atoms. The van der Waals surface area contributed by atoms with Crippen LogP contribution in [0.4, 0.5) is 4.79 Å². The minimum atomic E-state index is -0.509. The van der Waals surface area contributed by atoms with Crippen LogP contribution in [0.3, 0.4) is 0 Å². The quantitative estimate of drug-likeness (QED) is 0.435. The van der Waals surface area contributed by atoms with Crippen molar-refractivity contribution in [3.8, 4) is 0 Å². The van der Waals surface area contributed by atoms with Gasteiger partial charge in [-0.3, -0.25) is 4.79 Å². The predicted octanol–water partition coefficient (Wildman–Crippen LogP) is -0.778. The monoisotopic (exact) mass is 169 g/mol. The van der Waals surface area contributed by atoms with Crippen LogP contribution in [-0.2, 0) is 9.59 Å². The molecule has 0 aromatic heterocycles. The molecular formula is C6H7N3O3. The zero-order chi connectivity index (χ0) is 8.97. The molecule has 1 fully saturated rings. The Morgan fingerprint density at radius 1 is 1.58 bits per heavy atom. The summed E-state index contributed by atoms with van der Waals surface area (Å²) >= 11 is 0. The van der Waals surface area contributed by atoms with Crippen molar-refractivity contribution < 1.29 is 14.4 Å². The third-order valence-corrected chi connectivity index (χ3v) is 1.44. The molecule has 0 spiro atoms. The molecular weight excluding hydrogens is 162 g/mol. The predicted molar refractivity (Wildman–Crippen MR) is 37.9 cm³/mol. The number of amides is 3. The highest BCUT2D eigenvalue weighted by Gasteiger charge is 2.24. The van der Waals surface area contributed by atoms with Gasteiger partial charge in [0.05, 0.1) is 0 Å². The van der Waals surface area contributed by atoms with Gasteiger partial charge in [-0.25, -0.2) is 14.5 Å². The molecule has 0 radical (unpaired) electrons. The maximum absolute atomic E-state index is 11.0. The molecule has 1 rings (SSSR count). The number of nitrogens with zero attached hydrogens (tertiary/aromatic N) is 2. The van der Waals surface area contributed by atoms with Crippen molar-refractivity contribution in [3.05, 3.63) is 0 Å². The summed E-state index contributed by atoms with van der Waals surface area (Å²) in [6, 6.07) is -0.509. The van der Waals surface area contributed by atoms with Gasteiger partial charge < -0.3 is 5.32 Å². The van der Waals surface area contributed by atoms with Gasteiger partial charge in [-0.1, -0.05) is 0 Å². The molecule has 6 nitrogen and oxygen atoms in total. The van der Waals surface area contributed by atoms with Crippen LogP contribution in [0.2, 0.25) is 0 Å². The maximum Gasteiger partial charge on any atom is 0.325 e. The third-order valence-electron chi connectivity index (χ3n) is 1.44. The average Bonchev–Trinajstić information content (AvgIpc) is 2.04. The van der Waals surface area contributed by atoms with E-state index in [-0.39, 0.29) is 19.0 Å². The van der Waals surface area contributed by atoms with Crippen LogP contribution in [0.1, 0.15) is 6.42 Å². The van der Waals surface area contributed by atoms with Crippen LogP contribution in [0, 0.1) is 0 Å². The summed E-state index contributed by atoms with van der Waals surface area (Å²) in [7, 11) is 0. The first-order chi connectivity index (χ1) is 5.75. The molecule has 1 heterocycles. The van der Waals surface area contributed by atoms with E-state index in [4.69, 9.17) is 0 Å². The Labute approximate surface area is 68.2 Å². The summed E-state index contributed by atoms with van der Waals surface area (Å²) in [4.78, 5) is 35.6. The molecule has 0 atom stereocenters. The number of hydrogen-bond acceptors (Lipinski definition) is 4. The Bertz CT molecular complexity index is 241. The molecule has 1 N–H and O–H groups in total. The minimum absolute atomic E-state index is 0.242. The molecule has 0 saturated carbocycles. The van der Waals surface area contributed by atoms with E-state index in [0.717, 1.165) is 4.90 Å². The summed E-state index contributed by atoms with van der Waals surface area (Å²) in [5.74, 6) is -0.322. The number of rotatable bonds is 2. The third kappa shape index (κ3) is 1.67. The van der Waals surface area contributed by atoms with E-state index in [9.17, 15) is 14.4 Å². The van der Waals surface area contributed by atoms with E-state index >= 15 is 0 Å². The second-order valence-corrected chi connectivity index (χ2v) is 2.19. The Hall–Kier alpha value is -1.68. The highest BCUT2D eigenvalue weighted by Crippen LogP contribution is 2.00. The van der Waals surface area contributed by atoms with Crippen LogP contribution < -0.4 is 5.32 Å². The largest absolute Gasteiger partial charge is 0.337 e. The number of carbonyl (C=O) groups excluding carboxylic acids is 3. The Morgan fingerprint density at radius 2 is 2.33 bits per heavy atom. The molecule has 1 aliphatic heterocycles. The Kier molecular flexibility index (Phi) is 2.55. The second kappa shape index (κ2) is 3.64. The standard InChI is InChI=1S/C6H7N3O3/c10-4-7-3-9-5(11)1-2-8-6(9)12/h1-3H2,(H,8,12). The number of nitrogens with one attached hydrogen (secondary N) is 1. The SMILES string of the molecule is O=C=NCN1C(=O)CCNC1=O. The van der Waals surface area contributed by atoms with E-state index in [2.05, 4.69) is 10.3 Å². The maximum atomic E-state index is 11.0. The number of imide groups is 1. The van der Waals surface area contributed by atoms with Crippen molar-refractivity contribution in [2.45, 2.75) is 6.42 Å². The van der Waals surface area contributed by atoms with Gasteiger partial charge in [-0.05, 0) is 0 Å². The Balaban J connectivity index is 2.63. The first-order valence-corrected chi connectivity index (χ1v) is 3.37. The van der Waals surface area contributed by atoms with Crippen LogP contribution in [0.15, 0.2) is 4.99 Å². The van der Waals surface area contributed by atoms with Gasteiger partial charge in [-0.15, -0.1) is 0 Å². The van der Waals surface area contributed by atoms with Gasteiger partial charge >= 0.3 is 6.03 Å². The topological polar surface area (TPSA) is 78.8 Å². The summed E-state index contributed by atoms with van der Waals surface area (Å²) in [6.45, 7) is 0.104. The summed E-state index contributed by atoms with van der Waals surface area (Å²) in [6.07, 6.45) is 1.51. The van der Waals surface area contributed by atoms with E-state index in [1.807, 2.05) is 0 Å². The van der Waals surface area contributed by atoms with Crippen LogP contribution in [-0.4, -0.2) is 36.1 Å². The summed E-state index contributed by atoms with van der Waals surface area (Å²) < 4.78 is 0. The van der Waals surface area contributed by atoms with E-state index < -0.39 is 6.03 Å². The lowest BCUT2D eigenvalue weighted by molar-refractivity contribution is -0.129. The van der Waals surface area contributed by atoms with Crippen molar-refractivity contribution in [2.75, 3.05) is 13.2 Å². The molecule has 0 aliphatic carbocycles. The lowest BCUT2D eigenvalue weighted by Crippen LogP contribution is -2.49. The fraction of sp³-hybridized carbons (Fsp3) is 0.500. The van der Waals surface area contributed by atoms with Gasteiger partial charge in [-0.2, -0.15) is 4.99 Å². The number of hydrogen-bond donors (Lipinski definition) is 1. The van der Waals surface area contributed by atoms with Crippen molar-refractivity contribution in [2.24, 2.45) is 4.99 Å². The van der Waals surface area contributed by atoms with Gasteiger partial charge in [0.15, 0.2) is 0 Å². The number of carbonyl (C=O) groups is 2. The van der Waals surface area contributed by atoms with Crippen LogP contribution in [0.5, 0.6) is 0 Å². The minimum Gasteiger partial charge on any atom is -0.337 e. The van der Waals surface area contributed by atoms with Crippen molar-refractivity contribution in [1.29, 1.82) is 0 Å². The lowest BCUT2D eigenvalue weighted by Gasteiger charge is -2.22. The normalized spacial score (nSPS) is 16.8. The molecule has 64 valence electrons. The first-order valence-electron chi connectivity index (χ1n) is 3.37. The summed E-state index contributed by atoms with van der Waals surface area (Å²) in [5.41, 5.74) is 0. The van der Waals surface area contributed by atoms with Gasteiger partial charge in [0.1, 0.15) is 6.67 Å².